The molecule has 0 saturated carbocycles. The summed E-state index contributed by atoms with van der Waals surface area (Å²) >= 11 is 0. The molecule has 1 saturated heterocycles. The molecule has 3 aromatic carbocycles. The lowest BCUT2D eigenvalue weighted by Gasteiger charge is -2.41. The first-order chi connectivity index (χ1) is 16.5. The van der Waals surface area contributed by atoms with Crippen molar-refractivity contribution in [2.45, 2.75) is 39.8 Å². The zero-order valence-electron chi connectivity index (χ0n) is 20.8. The zero-order valence-corrected chi connectivity index (χ0v) is 21.6. The lowest BCUT2D eigenvalue weighted by atomic mass is 10.1. The number of aryl methyl sites for hydroxylation is 1. The average molecular weight is 491 g/mol. The molecule has 2 N–H and O–H groups in total. The van der Waals surface area contributed by atoms with E-state index >= 15 is 0 Å². The highest BCUT2D eigenvalue weighted by Gasteiger charge is 2.26. The predicted octanol–water partition coefficient (Wildman–Crippen LogP) is 6.04. The van der Waals surface area contributed by atoms with E-state index in [4.69, 9.17) is 0 Å². The van der Waals surface area contributed by atoms with E-state index in [1.807, 2.05) is 30.3 Å². The molecule has 0 aliphatic carbocycles. The monoisotopic (exact) mass is 490 g/mol. The topological polar surface area (TPSA) is 51.4 Å². The molecule has 0 spiro atoms. The first-order valence-corrected chi connectivity index (χ1v) is 12.4. The Morgan fingerprint density at radius 3 is 2.46 bits per heavy atom. The van der Waals surface area contributed by atoms with Crippen molar-refractivity contribution < 1.29 is 4.79 Å². The van der Waals surface area contributed by atoms with Crippen LogP contribution in [0.15, 0.2) is 60.7 Å². The van der Waals surface area contributed by atoms with Gasteiger partial charge in [0.1, 0.15) is 0 Å². The number of rotatable bonds is 6. The number of amides is 1. The first-order valence-electron chi connectivity index (χ1n) is 12.4. The zero-order chi connectivity index (χ0) is 23.7. The maximum Gasteiger partial charge on any atom is 0.252 e. The number of benzene rings is 3. The number of halogens is 1. The SMILES string of the molecule is CCCC(NC(=O)c1ccc2[nH]c3ccccc3c2c1)N1CCN(c2cccc(C)c2C)CC1.Cl. The Balaban J connectivity index is 0.00000289. The Bertz CT molecular complexity index is 1320. The number of piperazine rings is 1. The van der Waals surface area contributed by atoms with E-state index in [0.29, 0.717) is 5.56 Å². The van der Waals surface area contributed by atoms with Crippen LogP contribution in [0.2, 0.25) is 0 Å². The smallest absolute Gasteiger partial charge is 0.252 e. The van der Waals surface area contributed by atoms with Gasteiger partial charge in [-0.2, -0.15) is 0 Å². The number of aromatic nitrogens is 1. The second-order valence-electron chi connectivity index (χ2n) is 9.45. The van der Waals surface area contributed by atoms with Gasteiger partial charge in [-0.3, -0.25) is 9.69 Å². The molecule has 0 radical (unpaired) electrons. The van der Waals surface area contributed by atoms with Gasteiger partial charge in [0, 0.05) is 59.2 Å². The number of aromatic amines is 1. The molecule has 4 aromatic rings. The van der Waals surface area contributed by atoms with Crippen LogP contribution in [0.1, 0.15) is 41.3 Å². The number of hydrogen-bond donors (Lipinski definition) is 2. The molecule has 1 fully saturated rings. The molecule has 1 aliphatic rings. The summed E-state index contributed by atoms with van der Waals surface area (Å²) in [7, 11) is 0. The van der Waals surface area contributed by atoms with Crippen LogP contribution in [0.3, 0.4) is 0 Å². The van der Waals surface area contributed by atoms with Gasteiger partial charge < -0.3 is 15.2 Å². The third kappa shape index (κ3) is 5.02. The van der Waals surface area contributed by atoms with Gasteiger partial charge in [-0.15, -0.1) is 12.4 Å². The van der Waals surface area contributed by atoms with E-state index in [0.717, 1.165) is 60.8 Å². The minimum atomic E-state index is 0. The molecule has 1 aromatic heterocycles. The van der Waals surface area contributed by atoms with Gasteiger partial charge in [0.2, 0.25) is 0 Å². The third-order valence-electron chi connectivity index (χ3n) is 7.30. The van der Waals surface area contributed by atoms with Crippen molar-refractivity contribution >= 4 is 45.8 Å². The molecule has 1 atom stereocenters. The van der Waals surface area contributed by atoms with Crippen molar-refractivity contribution in [3.63, 3.8) is 0 Å². The van der Waals surface area contributed by atoms with Gasteiger partial charge >= 0.3 is 0 Å². The van der Waals surface area contributed by atoms with Crippen LogP contribution >= 0.6 is 12.4 Å². The molecule has 0 bridgehead atoms. The Hall–Kier alpha value is -3.02. The maximum atomic E-state index is 13.3. The first kappa shape index (κ1) is 25.1. The molecule has 1 amide bonds. The summed E-state index contributed by atoms with van der Waals surface area (Å²) in [5, 5.41) is 5.59. The Labute approximate surface area is 213 Å². The van der Waals surface area contributed by atoms with Crippen LogP contribution in [0.4, 0.5) is 5.69 Å². The van der Waals surface area contributed by atoms with Crippen molar-refractivity contribution in [1.29, 1.82) is 0 Å². The highest BCUT2D eigenvalue weighted by atomic mass is 35.5. The standard InChI is InChI=1S/C29H34N4O.ClH/c1-4-8-28(33-17-15-32(16-18-33)27-12-7-9-20(2)21(27)3)31-29(34)22-13-14-26-24(19-22)23-10-5-6-11-25(23)30-26;/h5-7,9-14,19,28,30H,4,8,15-18H2,1-3H3,(H,31,34);1H. The van der Waals surface area contributed by atoms with E-state index in [1.54, 1.807) is 0 Å². The van der Waals surface area contributed by atoms with Gasteiger partial charge in [0.15, 0.2) is 0 Å². The summed E-state index contributed by atoms with van der Waals surface area (Å²) in [5.74, 6) is 0.00240. The lowest BCUT2D eigenvalue weighted by molar-refractivity contribution is 0.0824. The minimum absolute atomic E-state index is 0. The molecular formula is C29H35ClN4O. The number of fused-ring (bicyclic) bond motifs is 3. The van der Waals surface area contributed by atoms with Gasteiger partial charge in [-0.05, 0) is 61.7 Å². The van der Waals surface area contributed by atoms with E-state index in [9.17, 15) is 4.79 Å². The molecule has 1 aliphatic heterocycles. The number of carbonyl (C=O) groups excluding carboxylic acids is 1. The summed E-state index contributed by atoms with van der Waals surface area (Å²) in [6.45, 7) is 10.4. The fourth-order valence-corrected chi connectivity index (χ4v) is 5.20. The highest BCUT2D eigenvalue weighted by Crippen LogP contribution is 2.27. The second-order valence-corrected chi connectivity index (χ2v) is 9.45. The molecule has 35 heavy (non-hydrogen) atoms. The molecule has 5 rings (SSSR count). The Kier molecular flexibility index (Phi) is 7.68. The summed E-state index contributed by atoms with van der Waals surface area (Å²) in [5.41, 5.74) is 6.91. The Morgan fingerprint density at radius 1 is 0.943 bits per heavy atom. The van der Waals surface area contributed by atoms with Crippen LogP contribution in [0.5, 0.6) is 0 Å². The van der Waals surface area contributed by atoms with Crippen molar-refractivity contribution in [2.24, 2.45) is 0 Å². The fraction of sp³-hybridized carbons (Fsp3) is 0.345. The number of H-pyrrole nitrogens is 1. The maximum absolute atomic E-state index is 13.3. The molecule has 2 heterocycles. The van der Waals surface area contributed by atoms with Crippen LogP contribution in [-0.4, -0.2) is 48.1 Å². The van der Waals surface area contributed by atoms with E-state index in [2.05, 4.69) is 71.2 Å². The summed E-state index contributed by atoms with van der Waals surface area (Å²) in [4.78, 5) is 21.6. The van der Waals surface area contributed by atoms with Crippen LogP contribution in [0, 0.1) is 13.8 Å². The molecule has 6 heteroatoms. The Morgan fingerprint density at radius 2 is 1.69 bits per heavy atom. The number of carbonyl (C=O) groups is 1. The van der Waals surface area contributed by atoms with Crippen molar-refractivity contribution in [3.8, 4) is 0 Å². The summed E-state index contributed by atoms with van der Waals surface area (Å²) in [6.07, 6.45) is 2.03. The quantitative estimate of drug-likeness (QED) is 0.346. The summed E-state index contributed by atoms with van der Waals surface area (Å²) in [6, 6.07) is 20.8. The van der Waals surface area contributed by atoms with Crippen LogP contribution in [0.25, 0.3) is 21.8 Å². The van der Waals surface area contributed by atoms with Gasteiger partial charge in [0.25, 0.3) is 5.91 Å². The fourth-order valence-electron chi connectivity index (χ4n) is 5.20. The largest absolute Gasteiger partial charge is 0.369 e. The van der Waals surface area contributed by atoms with Gasteiger partial charge in [-0.1, -0.05) is 43.7 Å². The lowest BCUT2D eigenvalue weighted by Crippen LogP contribution is -2.56. The number of hydrogen-bond acceptors (Lipinski definition) is 3. The van der Waals surface area contributed by atoms with E-state index < -0.39 is 0 Å². The molecule has 1 unspecified atom stereocenters. The number of anilines is 1. The summed E-state index contributed by atoms with van der Waals surface area (Å²) < 4.78 is 0. The van der Waals surface area contributed by atoms with Crippen molar-refractivity contribution in [1.82, 2.24) is 15.2 Å². The molecule has 184 valence electrons. The van der Waals surface area contributed by atoms with E-state index in [-0.39, 0.29) is 24.5 Å². The molecule has 5 nitrogen and oxygen atoms in total. The van der Waals surface area contributed by atoms with Gasteiger partial charge in [0.05, 0.1) is 6.17 Å². The number of nitrogens with zero attached hydrogens (tertiary/aromatic N) is 2. The highest BCUT2D eigenvalue weighted by molar-refractivity contribution is 6.10. The predicted molar refractivity (Wildman–Crippen MR) is 149 cm³/mol. The van der Waals surface area contributed by atoms with Crippen molar-refractivity contribution in [2.75, 3.05) is 31.1 Å². The average Bonchev–Trinajstić information content (AvgIpc) is 3.23. The van der Waals surface area contributed by atoms with E-state index in [1.165, 1.54) is 16.8 Å². The van der Waals surface area contributed by atoms with Crippen LogP contribution in [-0.2, 0) is 0 Å². The molecular weight excluding hydrogens is 456 g/mol. The number of para-hydroxylation sites is 1. The minimum Gasteiger partial charge on any atom is -0.369 e. The number of nitrogens with one attached hydrogen (secondary N) is 2. The second kappa shape index (κ2) is 10.7. The normalized spacial score (nSPS) is 15.2. The van der Waals surface area contributed by atoms with Crippen molar-refractivity contribution in [3.05, 3.63) is 77.4 Å². The van der Waals surface area contributed by atoms with Gasteiger partial charge in [-0.25, -0.2) is 0 Å². The van der Waals surface area contributed by atoms with Crippen LogP contribution < -0.4 is 10.2 Å². The third-order valence-corrected chi connectivity index (χ3v) is 7.30.